The second kappa shape index (κ2) is 5.94. The lowest BCUT2D eigenvalue weighted by atomic mass is 9.92. The molecule has 1 aromatic heterocycles. The van der Waals surface area contributed by atoms with Gasteiger partial charge in [0.25, 0.3) is 0 Å². The Balaban J connectivity index is 2.46. The largest absolute Gasteiger partial charge is 0.304 e. The van der Waals surface area contributed by atoms with Crippen LogP contribution in [0.5, 0.6) is 0 Å². The molecule has 1 aromatic rings. The van der Waals surface area contributed by atoms with Gasteiger partial charge in [-0.1, -0.05) is 20.8 Å². The maximum absolute atomic E-state index is 13.1. The van der Waals surface area contributed by atoms with E-state index in [9.17, 15) is 8.42 Å². The van der Waals surface area contributed by atoms with Gasteiger partial charge in [-0.2, -0.15) is 9.40 Å². The molecule has 22 heavy (non-hydrogen) atoms. The Morgan fingerprint density at radius 1 is 1.14 bits per heavy atom. The zero-order valence-electron chi connectivity index (χ0n) is 14.5. The van der Waals surface area contributed by atoms with Crippen LogP contribution < -0.4 is 0 Å². The Kier molecular flexibility index (Phi) is 4.71. The van der Waals surface area contributed by atoms with Crippen LogP contribution in [0.4, 0.5) is 0 Å². The molecule has 0 atom stereocenters. The van der Waals surface area contributed by atoms with Crippen LogP contribution in [-0.4, -0.2) is 60.6 Å². The summed E-state index contributed by atoms with van der Waals surface area (Å²) in [5.41, 5.74) is 0.343. The van der Waals surface area contributed by atoms with E-state index >= 15 is 0 Å². The van der Waals surface area contributed by atoms with Crippen molar-refractivity contribution in [2.24, 2.45) is 0 Å². The summed E-state index contributed by atoms with van der Waals surface area (Å²) in [6, 6.07) is 0.137. The van der Waals surface area contributed by atoms with E-state index < -0.39 is 10.0 Å². The van der Waals surface area contributed by atoms with Gasteiger partial charge in [0.2, 0.25) is 10.0 Å². The van der Waals surface area contributed by atoms with Crippen LogP contribution in [0.2, 0.25) is 0 Å². The van der Waals surface area contributed by atoms with Gasteiger partial charge in [-0.3, -0.25) is 4.68 Å². The fraction of sp³-hybridized carbons (Fsp3) is 0.800. The number of likely N-dealkylation sites (N-methyl/N-ethyl adjacent to an activating group) is 1. The minimum absolute atomic E-state index is 0.137. The molecule has 2 rings (SSSR count). The lowest BCUT2D eigenvalue weighted by molar-refractivity contribution is 0.222. The van der Waals surface area contributed by atoms with E-state index in [1.54, 1.807) is 15.2 Å². The van der Waals surface area contributed by atoms with Crippen LogP contribution in [0.25, 0.3) is 0 Å². The van der Waals surface area contributed by atoms with Crippen molar-refractivity contribution in [3.05, 3.63) is 11.9 Å². The first-order valence-corrected chi connectivity index (χ1v) is 9.26. The molecule has 0 radical (unpaired) electrons. The molecule has 6 nitrogen and oxygen atoms in total. The summed E-state index contributed by atoms with van der Waals surface area (Å²) in [5, 5.41) is 4.56. The van der Waals surface area contributed by atoms with Crippen molar-refractivity contribution < 1.29 is 8.42 Å². The highest BCUT2D eigenvalue weighted by Gasteiger charge is 2.35. The highest BCUT2D eigenvalue weighted by Crippen LogP contribution is 2.30. The second-order valence-corrected chi connectivity index (χ2v) is 9.28. The minimum atomic E-state index is -3.49. The molecule has 0 amide bonds. The van der Waals surface area contributed by atoms with Crippen molar-refractivity contribution in [1.29, 1.82) is 0 Å². The Labute approximate surface area is 134 Å². The molecule has 0 aliphatic carbocycles. The summed E-state index contributed by atoms with van der Waals surface area (Å²) in [6.45, 7) is 12.6. The Bertz CT molecular complexity index is 620. The number of hydrogen-bond donors (Lipinski definition) is 0. The monoisotopic (exact) mass is 328 g/mol. The molecule has 7 heteroatoms. The van der Waals surface area contributed by atoms with E-state index in [1.165, 1.54) is 0 Å². The van der Waals surface area contributed by atoms with Crippen LogP contribution in [0.15, 0.2) is 11.1 Å². The van der Waals surface area contributed by atoms with Crippen molar-refractivity contribution in [2.75, 3.05) is 33.2 Å². The van der Waals surface area contributed by atoms with Crippen molar-refractivity contribution in [3.8, 4) is 0 Å². The summed E-state index contributed by atoms with van der Waals surface area (Å²) in [7, 11) is -1.47. The molecule has 0 saturated carbocycles. The average molecular weight is 328 g/mol. The van der Waals surface area contributed by atoms with Crippen LogP contribution in [-0.2, 0) is 15.4 Å². The normalized spacial score (nSPS) is 19.0. The van der Waals surface area contributed by atoms with Gasteiger partial charge >= 0.3 is 0 Å². The SMILES string of the molecule is CC(C)n1cc(S(=O)(=O)N2CCN(C)CC2)c(C(C)(C)C)n1. The Morgan fingerprint density at radius 2 is 1.68 bits per heavy atom. The second-order valence-electron chi connectivity index (χ2n) is 7.37. The number of rotatable bonds is 3. The van der Waals surface area contributed by atoms with Gasteiger partial charge in [0, 0.05) is 43.8 Å². The molecular weight excluding hydrogens is 300 g/mol. The van der Waals surface area contributed by atoms with Gasteiger partial charge in [-0.25, -0.2) is 8.42 Å². The predicted octanol–water partition coefficient (Wildman–Crippen LogP) is 1.70. The molecule has 0 unspecified atom stereocenters. The van der Waals surface area contributed by atoms with Crippen LogP contribution >= 0.6 is 0 Å². The first kappa shape index (κ1) is 17.4. The quantitative estimate of drug-likeness (QED) is 0.847. The molecule has 1 aliphatic heterocycles. The van der Waals surface area contributed by atoms with E-state index in [4.69, 9.17) is 0 Å². The summed E-state index contributed by atoms with van der Waals surface area (Å²) in [5.74, 6) is 0. The standard InChI is InChI=1S/C15H28N4O2S/c1-12(2)19-11-13(14(16-19)15(3,4)5)22(20,21)18-9-7-17(6)8-10-18/h11-12H,7-10H2,1-6H3. The van der Waals surface area contributed by atoms with E-state index in [0.29, 0.717) is 23.7 Å². The molecule has 1 fully saturated rings. The lowest BCUT2D eigenvalue weighted by Crippen LogP contribution is -2.47. The predicted molar refractivity (Wildman–Crippen MR) is 87.6 cm³/mol. The maximum atomic E-state index is 13.1. The fourth-order valence-electron chi connectivity index (χ4n) is 2.52. The van der Waals surface area contributed by atoms with Gasteiger partial charge in [0.15, 0.2) is 0 Å². The number of piperazine rings is 1. The lowest BCUT2D eigenvalue weighted by Gasteiger charge is -2.32. The van der Waals surface area contributed by atoms with E-state index in [-0.39, 0.29) is 11.5 Å². The zero-order chi connectivity index (χ0) is 16.7. The van der Waals surface area contributed by atoms with Crippen molar-refractivity contribution >= 4 is 10.0 Å². The van der Waals surface area contributed by atoms with Crippen LogP contribution in [0, 0.1) is 0 Å². The van der Waals surface area contributed by atoms with Gasteiger partial charge < -0.3 is 4.90 Å². The summed E-state index contributed by atoms with van der Waals surface area (Å²) in [4.78, 5) is 2.51. The van der Waals surface area contributed by atoms with E-state index in [1.807, 2.05) is 41.7 Å². The zero-order valence-corrected chi connectivity index (χ0v) is 15.3. The average Bonchev–Trinajstić information content (AvgIpc) is 2.85. The summed E-state index contributed by atoms with van der Waals surface area (Å²) >= 11 is 0. The number of aromatic nitrogens is 2. The molecule has 0 aromatic carbocycles. The fourth-order valence-corrected chi connectivity index (χ4v) is 4.27. The number of nitrogens with zero attached hydrogens (tertiary/aromatic N) is 4. The van der Waals surface area contributed by atoms with E-state index in [2.05, 4.69) is 10.00 Å². The number of sulfonamides is 1. The first-order chi connectivity index (χ1) is 10.0. The Hall–Kier alpha value is -0.920. The summed E-state index contributed by atoms with van der Waals surface area (Å²) < 4.78 is 29.4. The van der Waals surface area contributed by atoms with Crippen LogP contribution in [0.3, 0.4) is 0 Å². The van der Waals surface area contributed by atoms with Gasteiger partial charge in [-0.15, -0.1) is 0 Å². The van der Waals surface area contributed by atoms with Crippen LogP contribution in [0.1, 0.15) is 46.4 Å². The maximum Gasteiger partial charge on any atom is 0.246 e. The molecule has 1 aliphatic rings. The van der Waals surface area contributed by atoms with E-state index in [0.717, 1.165) is 13.1 Å². The highest BCUT2D eigenvalue weighted by atomic mass is 32.2. The molecule has 1 saturated heterocycles. The van der Waals surface area contributed by atoms with Crippen molar-refractivity contribution in [1.82, 2.24) is 19.0 Å². The van der Waals surface area contributed by atoms with Gasteiger partial charge in [0.05, 0.1) is 5.69 Å². The molecule has 0 N–H and O–H groups in total. The molecule has 2 heterocycles. The third-order valence-corrected chi connectivity index (χ3v) is 5.92. The first-order valence-electron chi connectivity index (χ1n) is 7.82. The molecular formula is C15H28N4O2S. The minimum Gasteiger partial charge on any atom is -0.304 e. The highest BCUT2D eigenvalue weighted by molar-refractivity contribution is 7.89. The van der Waals surface area contributed by atoms with Crippen molar-refractivity contribution in [2.45, 2.75) is 51.0 Å². The summed E-state index contributed by atoms with van der Waals surface area (Å²) in [6.07, 6.45) is 1.69. The number of hydrogen-bond acceptors (Lipinski definition) is 4. The third-order valence-electron chi connectivity index (χ3n) is 4.02. The third kappa shape index (κ3) is 3.36. The van der Waals surface area contributed by atoms with Crippen molar-refractivity contribution in [3.63, 3.8) is 0 Å². The Morgan fingerprint density at radius 3 is 2.14 bits per heavy atom. The van der Waals surface area contributed by atoms with Gasteiger partial charge in [-0.05, 0) is 20.9 Å². The molecule has 126 valence electrons. The molecule has 0 spiro atoms. The van der Waals surface area contributed by atoms with Gasteiger partial charge in [0.1, 0.15) is 4.90 Å². The molecule has 0 bridgehead atoms. The topological polar surface area (TPSA) is 58.4 Å². The smallest absolute Gasteiger partial charge is 0.246 e.